The van der Waals surface area contributed by atoms with Crippen molar-refractivity contribution in [3.63, 3.8) is 0 Å². The molecular formula is C26H34N2OS. The highest BCUT2D eigenvalue weighted by Gasteiger charge is 2.07. The highest BCUT2D eigenvalue weighted by atomic mass is 32.1. The highest BCUT2D eigenvalue weighted by molar-refractivity contribution is 7.07. The molecule has 0 fully saturated rings. The van der Waals surface area contributed by atoms with Gasteiger partial charge in [-0.05, 0) is 62.4 Å². The van der Waals surface area contributed by atoms with Gasteiger partial charge in [-0.25, -0.2) is 0 Å². The molecular weight excluding hydrogens is 388 g/mol. The molecule has 1 heterocycles. The Morgan fingerprint density at radius 3 is 2.73 bits per heavy atom. The van der Waals surface area contributed by atoms with Crippen molar-refractivity contribution in [3.05, 3.63) is 80.0 Å². The Bertz CT molecular complexity index is 1110. The molecule has 3 nitrogen and oxygen atoms in total. The van der Waals surface area contributed by atoms with Crippen molar-refractivity contribution in [2.45, 2.75) is 40.5 Å². The van der Waals surface area contributed by atoms with E-state index in [1.165, 1.54) is 16.7 Å². The SMILES string of the molecule is C=CCc1cc(/C=c2/s/c(=N/C/C=C\C(C)=C/CC)n(C)c2=C)cc(OCC)c1C. The Balaban J connectivity index is 2.44. The summed E-state index contributed by atoms with van der Waals surface area (Å²) in [5, 5.41) is 0.966. The lowest BCUT2D eigenvalue weighted by atomic mass is 10.0. The molecule has 160 valence electrons. The van der Waals surface area contributed by atoms with Crippen LogP contribution in [-0.4, -0.2) is 17.7 Å². The molecule has 0 aliphatic rings. The number of hydrogen-bond acceptors (Lipinski definition) is 3. The molecule has 0 bridgehead atoms. The molecule has 0 N–H and O–H groups in total. The van der Waals surface area contributed by atoms with Crippen molar-refractivity contribution in [1.29, 1.82) is 0 Å². The summed E-state index contributed by atoms with van der Waals surface area (Å²) in [7, 11) is 2.02. The van der Waals surface area contributed by atoms with Crippen LogP contribution >= 0.6 is 11.3 Å². The van der Waals surface area contributed by atoms with Gasteiger partial charge in [-0.3, -0.25) is 4.99 Å². The van der Waals surface area contributed by atoms with Crippen LogP contribution in [-0.2, 0) is 13.5 Å². The molecule has 1 aromatic carbocycles. The maximum atomic E-state index is 5.86. The Labute approximate surface area is 184 Å². The van der Waals surface area contributed by atoms with E-state index in [2.05, 4.69) is 74.9 Å². The van der Waals surface area contributed by atoms with Crippen molar-refractivity contribution in [2.75, 3.05) is 13.2 Å². The number of aromatic nitrogens is 1. The Kier molecular flexibility index (Phi) is 9.13. The third-order valence-corrected chi connectivity index (χ3v) is 6.03. The standard InChI is InChI=1S/C26H34N2OS/c1-8-12-19(4)14-11-15-27-26-28(7)21(6)25(30-26)18-22-16-23(13-9-2)20(5)24(17-22)29-10-3/h9,11-12,14,16-18H,2,6,8,10,13,15H2,1,3-5,7H3/b14-11-,19-12-,25-18+,27-26+. The highest BCUT2D eigenvalue weighted by Crippen LogP contribution is 2.25. The van der Waals surface area contributed by atoms with Gasteiger partial charge in [0.25, 0.3) is 0 Å². The molecule has 2 rings (SSSR count). The van der Waals surface area contributed by atoms with Crippen LogP contribution in [0.5, 0.6) is 5.75 Å². The van der Waals surface area contributed by atoms with E-state index in [0.29, 0.717) is 13.2 Å². The fraction of sp³-hybridized carbons (Fsp3) is 0.346. The lowest BCUT2D eigenvalue weighted by molar-refractivity contribution is 0.337. The van der Waals surface area contributed by atoms with Gasteiger partial charge in [-0.1, -0.05) is 60.8 Å². The second-order valence-corrected chi connectivity index (χ2v) is 8.24. The molecule has 30 heavy (non-hydrogen) atoms. The second kappa shape index (κ2) is 11.6. The van der Waals surface area contributed by atoms with E-state index in [4.69, 9.17) is 9.73 Å². The van der Waals surface area contributed by atoms with Crippen LogP contribution in [0.4, 0.5) is 0 Å². The van der Waals surface area contributed by atoms with Crippen LogP contribution in [0.2, 0.25) is 0 Å². The molecule has 4 heteroatoms. The minimum atomic E-state index is 0.649. The molecule has 0 saturated heterocycles. The molecule has 2 aromatic rings. The second-order valence-electron chi connectivity index (χ2n) is 7.23. The topological polar surface area (TPSA) is 26.5 Å². The number of ether oxygens (including phenoxy) is 1. The Morgan fingerprint density at radius 1 is 1.30 bits per heavy atom. The number of thiazole rings is 1. The van der Waals surface area contributed by atoms with Crippen molar-refractivity contribution < 1.29 is 4.74 Å². The van der Waals surface area contributed by atoms with E-state index in [1.54, 1.807) is 11.3 Å². The summed E-state index contributed by atoms with van der Waals surface area (Å²) < 4.78 is 9.03. The Morgan fingerprint density at radius 2 is 2.07 bits per heavy atom. The first-order valence-corrected chi connectivity index (χ1v) is 11.3. The summed E-state index contributed by atoms with van der Waals surface area (Å²) >= 11 is 1.66. The van der Waals surface area contributed by atoms with Crippen LogP contribution in [0.15, 0.2) is 53.6 Å². The zero-order chi connectivity index (χ0) is 22.1. The third kappa shape index (κ3) is 6.20. The average molecular weight is 423 g/mol. The van der Waals surface area contributed by atoms with Gasteiger partial charge in [0.2, 0.25) is 0 Å². The molecule has 0 aliphatic carbocycles. The summed E-state index contributed by atoms with van der Waals surface area (Å²) in [5.41, 5.74) is 4.80. The van der Waals surface area contributed by atoms with E-state index in [-0.39, 0.29) is 0 Å². The van der Waals surface area contributed by atoms with Gasteiger partial charge in [-0.2, -0.15) is 0 Å². The van der Waals surface area contributed by atoms with Gasteiger partial charge in [0, 0.05) is 7.05 Å². The van der Waals surface area contributed by atoms with Crippen molar-refractivity contribution in [2.24, 2.45) is 12.0 Å². The summed E-state index contributed by atoms with van der Waals surface area (Å²) in [5.74, 6) is 0.931. The molecule has 0 aliphatic heterocycles. The number of hydrogen-bond donors (Lipinski definition) is 0. The van der Waals surface area contributed by atoms with Gasteiger partial charge in [0.05, 0.1) is 23.0 Å². The Hall–Kier alpha value is -2.59. The van der Waals surface area contributed by atoms with E-state index in [0.717, 1.165) is 38.8 Å². The van der Waals surface area contributed by atoms with E-state index < -0.39 is 0 Å². The average Bonchev–Trinajstić information content (AvgIpc) is 2.97. The minimum absolute atomic E-state index is 0.649. The summed E-state index contributed by atoms with van der Waals surface area (Å²) in [6.07, 6.45) is 12.4. The largest absolute Gasteiger partial charge is 0.494 e. The smallest absolute Gasteiger partial charge is 0.185 e. The van der Waals surface area contributed by atoms with Gasteiger partial charge >= 0.3 is 0 Å². The molecule has 0 radical (unpaired) electrons. The lowest BCUT2D eigenvalue weighted by Crippen LogP contribution is -2.28. The van der Waals surface area contributed by atoms with Gasteiger partial charge in [0.15, 0.2) is 4.80 Å². The minimum Gasteiger partial charge on any atom is -0.494 e. The first-order valence-electron chi connectivity index (χ1n) is 10.5. The quantitative estimate of drug-likeness (QED) is 0.429. The molecule has 0 spiro atoms. The number of rotatable bonds is 9. The lowest BCUT2D eigenvalue weighted by Gasteiger charge is -2.12. The van der Waals surface area contributed by atoms with Crippen molar-refractivity contribution in [1.82, 2.24) is 4.57 Å². The van der Waals surface area contributed by atoms with Crippen LogP contribution in [0.1, 0.15) is 43.9 Å². The first-order chi connectivity index (χ1) is 14.4. The predicted molar refractivity (Wildman–Crippen MR) is 131 cm³/mol. The fourth-order valence-corrected chi connectivity index (χ4v) is 4.23. The molecule has 0 saturated carbocycles. The summed E-state index contributed by atoms with van der Waals surface area (Å²) in [6, 6.07) is 4.31. The molecule has 0 unspecified atom stereocenters. The molecule has 0 amide bonds. The fourth-order valence-electron chi connectivity index (χ4n) is 3.19. The number of benzene rings is 1. The maximum Gasteiger partial charge on any atom is 0.185 e. The van der Waals surface area contributed by atoms with Crippen LogP contribution in [0, 0.1) is 6.92 Å². The molecule has 1 aromatic heterocycles. The van der Waals surface area contributed by atoms with E-state index in [9.17, 15) is 0 Å². The van der Waals surface area contributed by atoms with Crippen LogP contribution in [0.25, 0.3) is 12.7 Å². The summed E-state index contributed by atoms with van der Waals surface area (Å²) in [6.45, 7) is 17.8. The molecule has 0 atom stereocenters. The maximum absolute atomic E-state index is 5.86. The van der Waals surface area contributed by atoms with E-state index in [1.807, 2.05) is 20.0 Å². The monoisotopic (exact) mass is 422 g/mol. The summed E-state index contributed by atoms with van der Waals surface area (Å²) in [4.78, 5) is 5.71. The van der Waals surface area contributed by atoms with Gasteiger partial charge in [0.1, 0.15) is 5.75 Å². The number of nitrogens with zero attached hydrogens (tertiary/aromatic N) is 2. The van der Waals surface area contributed by atoms with Gasteiger partial charge < -0.3 is 9.30 Å². The van der Waals surface area contributed by atoms with Gasteiger partial charge in [-0.15, -0.1) is 6.58 Å². The number of allylic oxidation sites excluding steroid dienone is 4. The van der Waals surface area contributed by atoms with Crippen LogP contribution < -0.4 is 19.4 Å². The van der Waals surface area contributed by atoms with Crippen molar-refractivity contribution >= 4 is 24.0 Å². The third-order valence-electron chi connectivity index (χ3n) is 4.87. The van der Waals surface area contributed by atoms with Crippen molar-refractivity contribution in [3.8, 4) is 5.75 Å². The predicted octanol–water partition coefficient (Wildman–Crippen LogP) is 4.57. The normalized spacial score (nSPS) is 13.4. The zero-order valence-corrected chi connectivity index (χ0v) is 19.8. The first kappa shape index (κ1) is 23.7. The van der Waals surface area contributed by atoms with Crippen LogP contribution in [0.3, 0.4) is 0 Å². The zero-order valence-electron chi connectivity index (χ0n) is 19.0. The van der Waals surface area contributed by atoms with E-state index >= 15 is 0 Å².